The van der Waals surface area contributed by atoms with Gasteiger partial charge in [0.2, 0.25) is 11.8 Å². The molecule has 0 fully saturated rings. The highest BCUT2D eigenvalue weighted by Gasteiger charge is 2.98. The van der Waals surface area contributed by atoms with Crippen LogP contribution < -0.4 is 0 Å². The standard InChI is InChI=1S/C52H35F51N2O4/c53-29(54,32(59,60)35(65,66)38(71,72)41(77,78)44(83,84)47(89,90)50(95,96)97)15-4-18-104(26(106)12-17-31(57,58)34(63,64)37(69,70)40(75,76)43(81,82)46(87,88)49(93,94)52(101,102)103)20-13-27(107)105(22-24-8-10-25(11-9-24)28(108)109-21-14-23-6-2-1-3-7-23)19-5-16-30(55,56)33(61,62)36(67,68)39(73,74)42(79,80)45(85,86)48(91,92)51(98,99)100/h1-3,6-11H,4-5,12-22H2. The van der Waals surface area contributed by atoms with Crippen molar-refractivity contribution in [3.05, 3.63) is 71.3 Å². The molecule has 0 aromatic heterocycles. The van der Waals surface area contributed by atoms with E-state index in [1.165, 1.54) is 30.3 Å². The van der Waals surface area contributed by atoms with Gasteiger partial charge in [0.05, 0.1) is 12.2 Å². The van der Waals surface area contributed by atoms with Crippen molar-refractivity contribution in [1.29, 1.82) is 0 Å². The SMILES string of the molecule is O=C(OCCc1ccccc1)c1ccc(CN(CCCC(F)(F)C(F)(F)C(F)(F)C(F)(F)C(F)(F)C(F)(F)C(F)(F)C(F)(F)F)C(=O)CCN(CCCC(F)(F)C(F)(F)C(F)(F)C(F)(F)C(F)(F)C(F)(F)C(F)(F)C(F)(F)F)C(=O)CCC(F)(F)C(F)(F)C(F)(F)C(F)(F)C(F)(F)C(F)(F)C(F)(F)C(F)(F)F)cc1. The maximum Gasteiger partial charge on any atom is 0.460 e. The maximum atomic E-state index is 15.0. The zero-order valence-electron chi connectivity index (χ0n) is 51.2. The summed E-state index contributed by atoms with van der Waals surface area (Å²) in [5, 5.41) is 0. The Morgan fingerprint density at radius 3 is 0.817 bits per heavy atom. The number of alkyl halides is 51. The Bertz CT molecular complexity index is 3430. The minimum atomic E-state index is -9.41. The van der Waals surface area contributed by atoms with Gasteiger partial charge >= 0.3 is 149 Å². The zero-order valence-corrected chi connectivity index (χ0v) is 51.2. The number of ether oxygens (including phenoxy) is 1. The monoisotopic (exact) mass is 1720 g/mol. The van der Waals surface area contributed by atoms with Crippen LogP contribution in [-0.4, -0.2) is 197 Å². The second-order valence-electron chi connectivity index (χ2n) is 22.7. The van der Waals surface area contributed by atoms with Crippen molar-refractivity contribution in [2.75, 3.05) is 26.2 Å². The van der Waals surface area contributed by atoms with Crippen LogP contribution in [-0.2, 0) is 27.3 Å². The molecule has 0 atom stereocenters. The molecule has 0 unspecified atom stereocenters. The zero-order chi connectivity index (χ0) is 86.9. The Labute approximate surface area is 569 Å². The molecule has 2 aromatic rings. The molecule has 0 bridgehead atoms. The highest BCUT2D eigenvalue weighted by atomic mass is 19.5. The van der Waals surface area contributed by atoms with E-state index in [2.05, 4.69) is 0 Å². The van der Waals surface area contributed by atoms with Crippen LogP contribution in [0.5, 0.6) is 0 Å². The lowest BCUT2D eigenvalue weighted by Gasteiger charge is -2.43. The predicted molar refractivity (Wildman–Crippen MR) is 253 cm³/mol. The van der Waals surface area contributed by atoms with E-state index in [1.807, 2.05) is 0 Å². The topological polar surface area (TPSA) is 66.9 Å². The highest BCUT2D eigenvalue weighted by Crippen LogP contribution is 2.68. The fraction of sp³-hybridized carbons (Fsp3) is 0.712. The van der Waals surface area contributed by atoms with Crippen LogP contribution in [0.2, 0.25) is 0 Å². The van der Waals surface area contributed by atoms with Crippen LogP contribution in [0.1, 0.15) is 66.4 Å². The molecule has 0 saturated heterocycles. The molecule has 0 aliphatic rings. The van der Waals surface area contributed by atoms with Crippen LogP contribution in [0.15, 0.2) is 54.6 Å². The maximum absolute atomic E-state index is 15.0. The lowest BCUT2D eigenvalue weighted by Crippen LogP contribution is -2.74. The molecule has 0 heterocycles. The fourth-order valence-electron chi connectivity index (χ4n) is 8.46. The first kappa shape index (κ1) is 98.4. The summed E-state index contributed by atoms with van der Waals surface area (Å²) < 4.78 is 717. The molecule has 634 valence electrons. The molecule has 0 saturated carbocycles. The smallest absolute Gasteiger partial charge is 0.460 e. The Balaban J connectivity index is 2.93. The Kier molecular flexibility index (Phi) is 27.1. The molecule has 0 aliphatic carbocycles. The summed E-state index contributed by atoms with van der Waals surface area (Å²) in [4.78, 5) is 38.0. The second-order valence-corrected chi connectivity index (χ2v) is 22.7. The fourth-order valence-corrected chi connectivity index (χ4v) is 8.46. The van der Waals surface area contributed by atoms with Crippen LogP contribution in [0.25, 0.3) is 0 Å². The van der Waals surface area contributed by atoms with Gasteiger partial charge < -0.3 is 14.5 Å². The number of carbonyl (C=O) groups is 3. The number of carbonyl (C=O) groups excluding carboxylic acids is 3. The summed E-state index contributed by atoms with van der Waals surface area (Å²) in [7, 11) is 0. The molecule has 2 aromatic carbocycles. The third-order valence-corrected chi connectivity index (χ3v) is 15.2. The first-order valence-electron chi connectivity index (χ1n) is 27.7. The van der Waals surface area contributed by atoms with Crippen molar-refractivity contribution < 1.29 is 243 Å². The first-order valence-corrected chi connectivity index (χ1v) is 27.7. The molecule has 0 radical (unpaired) electrons. The second kappa shape index (κ2) is 30.0. The average molecular weight is 1720 g/mol. The van der Waals surface area contributed by atoms with E-state index in [0.29, 0.717) is 29.8 Å². The van der Waals surface area contributed by atoms with Crippen molar-refractivity contribution in [3.63, 3.8) is 0 Å². The van der Waals surface area contributed by atoms with Gasteiger partial charge in [0.15, 0.2) is 0 Å². The molecule has 0 spiro atoms. The molecule has 57 heteroatoms. The number of esters is 1. The van der Waals surface area contributed by atoms with Gasteiger partial charge in [0.1, 0.15) is 0 Å². The minimum Gasteiger partial charge on any atom is -0.462 e. The van der Waals surface area contributed by atoms with Crippen LogP contribution >= 0.6 is 0 Å². The Morgan fingerprint density at radius 2 is 0.523 bits per heavy atom. The Hall–Kier alpha value is -6.72. The molecule has 6 nitrogen and oxygen atoms in total. The van der Waals surface area contributed by atoms with Crippen molar-refractivity contribution in [2.24, 2.45) is 0 Å². The van der Waals surface area contributed by atoms with Gasteiger partial charge in [-0.15, -0.1) is 0 Å². The summed E-state index contributed by atoms with van der Waals surface area (Å²) in [5.41, 5.74) is -0.947. The molecule has 0 N–H and O–H groups in total. The predicted octanol–water partition coefficient (Wildman–Crippen LogP) is 21.0. The van der Waals surface area contributed by atoms with E-state index in [1.54, 1.807) is 0 Å². The van der Waals surface area contributed by atoms with Gasteiger partial charge in [-0.2, -0.15) is 224 Å². The van der Waals surface area contributed by atoms with E-state index in [4.69, 9.17) is 4.74 Å². The van der Waals surface area contributed by atoms with Gasteiger partial charge in [-0.3, -0.25) is 9.59 Å². The summed E-state index contributed by atoms with van der Waals surface area (Å²) >= 11 is 0. The summed E-state index contributed by atoms with van der Waals surface area (Å²) in [6.45, 7) is -9.57. The number of rotatable bonds is 38. The quantitative estimate of drug-likeness (QED) is 0.0496. The normalized spacial score (nSPS) is 15.5. The van der Waals surface area contributed by atoms with E-state index in [9.17, 15) is 230 Å². The number of hydrogen-bond donors (Lipinski definition) is 0. The lowest BCUT2D eigenvalue weighted by atomic mass is 9.88. The third-order valence-electron chi connectivity index (χ3n) is 15.2. The van der Waals surface area contributed by atoms with Gasteiger partial charge in [0.25, 0.3) is 0 Å². The van der Waals surface area contributed by atoms with E-state index in [0.717, 1.165) is 0 Å². The third kappa shape index (κ3) is 16.3. The van der Waals surface area contributed by atoms with Crippen LogP contribution in [0.3, 0.4) is 0 Å². The summed E-state index contributed by atoms with van der Waals surface area (Å²) in [6.07, 6.45) is -47.4. The van der Waals surface area contributed by atoms with Crippen LogP contribution in [0, 0.1) is 0 Å². The number of amides is 2. The van der Waals surface area contributed by atoms with Gasteiger partial charge in [0, 0.05) is 64.7 Å². The number of benzene rings is 2. The van der Waals surface area contributed by atoms with Gasteiger partial charge in [-0.25, -0.2) is 4.79 Å². The average Bonchev–Trinajstić information content (AvgIpc) is 0.706. The van der Waals surface area contributed by atoms with Gasteiger partial charge in [-0.05, 0) is 36.1 Å². The molecule has 2 rings (SSSR count). The molecule has 2 amide bonds. The summed E-state index contributed by atoms with van der Waals surface area (Å²) in [6, 6.07) is 9.50. The first-order chi connectivity index (χ1) is 47.7. The molecule has 109 heavy (non-hydrogen) atoms. The van der Waals surface area contributed by atoms with E-state index in [-0.39, 0.29) is 6.42 Å². The van der Waals surface area contributed by atoms with Crippen molar-refractivity contribution in [1.82, 2.24) is 9.80 Å². The van der Waals surface area contributed by atoms with Crippen molar-refractivity contribution in [3.8, 4) is 0 Å². The van der Waals surface area contributed by atoms with E-state index < -0.39 is 259 Å². The molecular weight excluding hydrogens is 1690 g/mol. The van der Waals surface area contributed by atoms with E-state index >= 15 is 8.78 Å². The minimum absolute atomic E-state index is 0.0741. The largest absolute Gasteiger partial charge is 0.462 e. The van der Waals surface area contributed by atoms with Crippen LogP contribution in [0.4, 0.5) is 224 Å². The summed E-state index contributed by atoms with van der Waals surface area (Å²) in [5.74, 6) is -193. The number of halogens is 51. The molecule has 0 aliphatic heterocycles. The Morgan fingerprint density at radius 1 is 0.266 bits per heavy atom. The van der Waals surface area contributed by atoms with Gasteiger partial charge in [-0.1, -0.05) is 42.5 Å². The highest BCUT2D eigenvalue weighted by molar-refractivity contribution is 5.89. The lowest BCUT2D eigenvalue weighted by molar-refractivity contribution is -0.461. The molecular formula is C52H35F51N2O4. The van der Waals surface area contributed by atoms with Crippen molar-refractivity contribution in [2.45, 2.75) is 201 Å². The van der Waals surface area contributed by atoms with Crippen molar-refractivity contribution >= 4 is 17.8 Å². The number of hydrogen-bond acceptors (Lipinski definition) is 4. The number of nitrogens with zero attached hydrogens (tertiary/aromatic N) is 2.